The van der Waals surface area contributed by atoms with Crippen molar-refractivity contribution < 1.29 is 31.5 Å². The molecule has 0 bridgehead atoms. The molecule has 1 atom stereocenters. The summed E-state index contributed by atoms with van der Waals surface area (Å²) < 4.78 is 56.2. The highest BCUT2D eigenvalue weighted by Crippen LogP contribution is 2.15. The topological polar surface area (TPSA) is 80.8 Å². The zero-order valence-corrected chi connectivity index (χ0v) is 15.4. The molecule has 2 aromatic rings. The number of Topliss-reactive ketones (excluding diaryl/α,β-unsaturated/α-hetero) is 1. The summed E-state index contributed by atoms with van der Waals surface area (Å²) in [4.78, 5) is 24.0. The summed E-state index contributed by atoms with van der Waals surface area (Å²) in [5.41, 5.74) is 0.156. The first kappa shape index (κ1) is 20.7. The van der Waals surface area contributed by atoms with E-state index in [1.54, 1.807) is 0 Å². The van der Waals surface area contributed by atoms with Gasteiger partial charge >= 0.3 is 5.97 Å². The van der Waals surface area contributed by atoms with Crippen LogP contribution in [0.2, 0.25) is 0 Å². The first-order valence-electron chi connectivity index (χ1n) is 7.82. The van der Waals surface area contributed by atoms with Crippen LogP contribution in [0.3, 0.4) is 0 Å². The van der Waals surface area contributed by atoms with Crippen molar-refractivity contribution in [1.82, 2.24) is 4.31 Å². The number of sulfonamides is 1. The SMILES string of the molecule is C[C@@H](OC(=O)CN(C)S(=O)(=O)c1ccc(F)cc1)C(=O)c1ccc(F)cc1. The number of esters is 1. The van der Waals surface area contributed by atoms with Crippen LogP contribution >= 0.6 is 0 Å². The van der Waals surface area contributed by atoms with Crippen molar-refractivity contribution in [2.24, 2.45) is 0 Å². The van der Waals surface area contributed by atoms with E-state index in [1.165, 1.54) is 19.1 Å². The molecule has 0 aliphatic carbocycles. The quantitative estimate of drug-likeness (QED) is 0.529. The summed E-state index contributed by atoms with van der Waals surface area (Å²) in [6.07, 6.45) is -1.18. The van der Waals surface area contributed by atoms with Crippen LogP contribution in [0.1, 0.15) is 17.3 Å². The Morgan fingerprint density at radius 2 is 1.48 bits per heavy atom. The molecule has 0 fully saturated rings. The molecule has 0 saturated carbocycles. The van der Waals surface area contributed by atoms with Gasteiger partial charge in [0.25, 0.3) is 0 Å². The van der Waals surface area contributed by atoms with Crippen LogP contribution in [0.4, 0.5) is 8.78 Å². The van der Waals surface area contributed by atoms with Crippen LogP contribution < -0.4 is 0 Å². The Labute approximate surface area is 155 Å². The first-order valence-corrected chi connectivity index (χ1v) is 9.26. The standard InChI is InChI=1S/C18H17F2NO5S/c1-12(18(23)13-3-5-14(19)6-4-13)26-17(22)11-21(2)27(24,25)16-9-7-15(20)8-10-16/h3-10,12H,11H2,1-2H3/t12-/m1/s1. The van der Waals surface area contributed by atoms with Gasteiger partial charge in [0.1, 0.15) is 18.2 Å². The molecule has 0 amide bonds. The van der Waals surface area contributed by atoms with E-state index >= 15 is 0 Å². The minimum Gasteiger partial charge on any atom is -0.453 e. The molecule has 0 unspecified atom stereocenters. The average molecular weight is 397 g/mol. The van der Waals surface area contributed by atoms with Gasteiger partial charge < -0.3 is 4.74 Å². The van der Waals surface area contributed by atoms with Crippen molar-refractivity contribution in [2.75, 3.05) is 13.6 Å². The van der Waals surface area contributed by atoms with E-state index in [4.69, 9.17) is 4.74 Å². The van der Waals surface area contributed by atoms with Crippen LogP contribution in [0.15, 0.2) is 53.4 Å². The molecule has 2 aromatic carbocycles. The van der Waals surface area contributed by atoms with Crippen molar-refractivity contribution in [1.29, 1.82) is 0 Å². The third-order valence-corrected chi connectivity index (χ3v) is 5.50. The molecule has 9 heteroatoms. The highest BCUT2D eigenvalue weighted by atomic mass is 32.2. The van der Waals surface area contributed by atoms with Crippen molar-refractivity contribution in [3.63, 3.8) is 0 Å². The maximum absolute atomic E-state index is 12.9. The Bertz CT molecular complexity index is 927. The van der Waals surface area contributed by atoms with E-state index in [9.17, 15) is 26.8 Å². The molecule has 27 heavy (non-hydrogen) atoms. The largest absolute Gasteiger partial charge is 0.453 e. The van der Waals surface area contributed by atoms with Gasteiger partial charge in [-0.15, -0.1) is 0 Å². The summed E-state index contributed by atoms with van der Waals surface area (Å²) in [6.45, 7) is 0.693. The molecular weight excluding hydrogens is 380 g/mol. The monoisotopic (exact) mass is 397 g/mol. The van der Waals surface area contributed by atoms with E-state index in [1.807, 2.05) is 0 Å². The van der Waals surface area contributed by atoms with Crippen LogP contribution in [-0.2, 0) is 19.6 Å². The lowest BCUT2D eigenvalue weighted by Gasteiger charge is -2.18. The molecule has 144 valence electrons. The van der Waals surface area contributed by atoms with E-state index in [0.29, 0.717) is 0 Å². The highest BCUT2D eigenvalue weighted by molar-refractivity contribution is 7.89. The fourth-order valence-corrected chi connectivity index (χ4v) is 3.31. The summed E-state index contributed by atoms with van der Waals surface area (Å²) in [5.74, 6) is -2.59. The van der Waals surface area contributed by atoms with Gasteiger partial charge in [-0.25, -0.2) is 17.2 Å². The number of ketones is 1. The molecule has 0 heterocycles. The Morgan fingerprint density at radius 3 is 2.00 bits per heavy atom. The molecule has 0 spiro atoms. The van der Waals surface area contributed by atoms with Crippen molar-refractivity contribution in [3.05, 3.63) is 65.7 Å². The van der Waals surface area contributed by atoms with Gasteiger partial charge in [-0.3, -0.25) is 9.59 Å². The van der Waals surface area contributed by atoms with E-state index in [2.05, 4.69) is 0 Å². The molecule has 0 aliphatic rings. The van der Waals surface area contributed by atoms with Crippen molar-refractivity contribution in [2.45, 2.75) is 17.9 Å². The summed E-state index contributed by atoms with van der Waals surface area (Å²) in [6, 6.07) is 8.85. The lowest BCUT2D eigenvalue weighted by Crippen LogP contribution is -2.35. The number of rotatable bonds is 7. The number of nitrogens with zero attached hydrogens (tertiary/aromatic N) is 1. The molecule has 0 radical (unpaired) electrons. The van der Waals surface area contributed by atoms with Gasteiger partial charge in [0, 0.05) is 12.6 Å². The van der Waals surface area contributed by atoms with E-state index in [0.717, 1.165) is 47.8 Å². The van der Waals surface area contributed by atoms with Crippen molar-refractivity contribution >= 4 is 21.8 Å². The van der Waals surface area contributed by atoms with Crippen LogP contribution in [0.5, 0.6) is 0 Å². The maximum Gasteiger partial charge on any atom is 0.322 e. The zero-order valence-electron chi connectivity index (χ0n) is 14.6. The Balaban J connectivity index is 2.00. The first-order chi connectivity index (χ1) is 12.6. The van der Waals surface area contributed by atoms with Gasteiger partial charge in [0.15, 0.2) is 6.10 Å². The number of hydrogen-bond acceptors (Lipinski definition) is 5. The molecule has 0 aliphatic heterocycles. The third-order valence-electron chi connectivity index (χ3n) is 3.68. The Morgan fingerprint density at radius 1 is 1.00 bits per heavy atom. The fourth-order valence-electron chi connectivity index (χ4n) is 2.19. The summed E-state index contributed by atoms with van der Waals surface area (Å²) in [7, 11) is -2.87. The minimum absolute atomic E-state index is 0.156. The second kappa shape index (κ2) is 8.36. The van der Waals surface area contributed by atoms with Gasteiger partial charge in [0.05, 0.1) is 4.90 Å². The number of carbonyl (C=O) groups is 2. The predicted molar refractivity (Wildman–Crippen MR) is 92.5 cm³/mol. The number of hydrogen-bond donors (Lipinski definition) is 0. The number of benzene rings is 2. The lowest BCUT2D eigenvalue weighted by molar-refractivity contribution is -0.146. The van der Waals surface area contributed by atoms with Crippen molar-refractivity contribution in [3.8, 4) is 0 Å². The fraction of sp³-hybridized carbons (Fsp3) is 0.222. The molecule has 2 rings (SSSR count). The zero-order chi connectivity index (χ0) is 20.2. The molecule has 6 nitrogen and oxygen atoms in total. The maximum atomic E-state index is 12.9. The normalized spacial score (nSPS) is 12.6. The van der Waals surface area contributed by atoms with Gasteiger partial charge in [-0.2, -0.15) is 4.31 Å². The summed E-state index contributed by atoms with van der Waals surface area (Å²) in [5, 5.41) is 0. The number of likely N-dealkylation sites (N-methyl/N-ethyl adjacent to an activating group) is 1. The molecule has 0 N–H and O–H groups in total. The van der Waals surface area contributed by atoms with Crippen LogP contribution in [0.25, 0.3) is 0 Å². The molecular formula is C18H17F2NO5S. The van der Waals surface area contributed by atoms with E-state index in [-0.39, 0.29) is 10.5 Å². The average Bonchev–Trinajstić information content (AvgIpc) is 2.61. The minimum atomic E-state index is -4.02. The summed E-state index contributed by atoms with van der Waals surface area (Å²) >= 11 is 0. The van der Waals surface area contributed by atoms with E-state index < -0.39 is 46.1 Å². The van der Waals surface area contributed by atoms with Gasteiger partial charge in [-0.1, -0.05) is 0 Å². The van der Waals surface area contributed by atoms with Crippen LogP contribution in [-0.4, -0.2) is 44.2 Å². The lowest BCUT2D eigenvalue weighted by atomic mass is 10.1. The third kappa shape index (κ3) is 5.18. The predicted octanol–water partition coefficient (Wildman–Crippen LogP) is 2.40. The smallest absolute Gasteiger partial charge is 0.322 e. The van der Waals surface area contributed by atoms with Crippen LogP contribution in [0, 0.1) is 11.6 Å². The Kier molecular flexibility index (Phi) is 6.40. The number of carbonyl (C=O) groups excluding carboxylic acids is 2. The van der Waals surface area contributed by atoms with Gasteiger partial charge in [-0.05, 0) is 55.5 Å². The Hall–Kier alpha value is -2.65. The molecule has 0 saturated heterocycles. The molecule has 0 aromatic heterocycles. The highest BCUT2D eigenvalue weighted by Gasteiger charge is 2.26. The second-order valence-electron chi connectivity index (χ2n) is 5.72. The number of halogens is 2. The number of ether oxygens (including phenoxy) is 1. The van der Waals surface area contributed by atoms with Gasteiger partial charge in [0.2, 0.25) is 15.8 Å². The second-order valence-corrected chi connectivity index (χ2v) is 7.76.